The number of benzene rings is 3. The third-order valence-corrected chi connectivity index (χ3v) is 5.42. The number of hydrogen-bond acceptors (Lipinski definition) is 5. The molecule has 32 heavy (non-hydrogen) atoms. The first-order valence-electron chi connectivity index (χ1n) is 10.5. The van der Waals surface area contributed by atoms with Crippen LogP contribution in [0.1, 0.15) is 29.5 Å². The first-order chi connectivity index (χ1) is 15.3. The molecule has 0 radical (unpaired) electrons. The van der Waals surface area contributed by atoms with E-state index in [0.717, 1.165) is 22.4 Å². The second-order valence-corrected chi connectivity index (χ2v) is 8.08. The number of halogens is 1. The van der Waals surface area contributed by atoms with E-state index in [4.69, 9.17) is 4.74 Å². The first-order valence-corrected chi connectivity index (χ1v) is 10.5. The number of para-hydroxylation sites is 1. The first kappa shape index (κ1) is 23.3. The van der Waals surface area contributed by atoms with Crippen LogP contribution in [-0.2, 0) is 22.6 Å². The van der Waals surface area contributed by atoms with Crippen molar-refractivity contribution in [1.29, 1.82) is 0 Å². The number of carbonyl (C=O) groups is 1. The van der Waals surface area contributed by atoms with Crippen molar-refractivity contribution in [3.05, 3.63) is 83.2 Å². The third kappa shape index (κ3) is 5.45. The number of esters is 1. The van der Waals surface area contributed by atoms with Crippen molar-refractivity contribution in [2.45, 2.75) is 25.9 Å². The van der Waals surface area contributed by atoms with Crippen LogP contribution in [0.4, 0.5) is 10.1 Å². The highest BCUT2D eigenvalue weighted by Crippen LogP contribution is 2.29. The van der Waals surface area contributed by atoms with Gasteiger partial charge in [0, 0.05) is 35.5 Å². The maximum atomic E-state index is 14.7. The van der Waals surface area contributed by atoms with E-state index in [0.29, 0.717) is 30.0 Å². The molecule has 0 amide bonds. The maximum Gasteiger partial charge on any atom is 0.312 e. The molecule has 3 rings (SSSR count). The molecule has 5 nitrogen and oxygen atoms in total. The highest BCUT2D eigenvalue weighted by Gasteiger charge is 2.17. The van der Waals surface area contributed by atoms with E-state index in [-0.39, 0.29) is 5.82 Å². The van der Waals surface area contributed by atoms with Crippen molar-refractivity contribution in [3.63, 3.8) is 0 Å². The summed E-state index contributed by atoms with van der Waals surface area (Å²) >= 11 is 0. The summed E-state index contributed by atoms with van der Waals surface area (Å²) in [5, 5.41) is 13.8. The second-order valence-electron chi connectivity index (χ2n) is 8.08. The zero-order valence-electron chi connectivity index (χ0n) is 18.9. The van der Waals surface area contributed by atoms with E-state index in [1.165, 1.54) is 13.2 Å². The summed E-state index contributed by atoms with van der Waals surface area (Å²) in [6, 6.07) is 18.0. The Bertz CT molecular complexity index is 1080. The normalized spacial score (nSPS) is 11.9. The van der Waals surface area contributed by atoms with E-state index in [2.05, 4.69) is 5.32 Å². The summed E-state index contributed by atoms with van der Waals surface area (Å²) in [7, 11) is 5.24. The van der Waals surface area contributed by atoms with Crippen molar-refractivity contribution >= 4 is 11.7 Å². The van der Waals surface area contributed by atoms with Crippen LogP contribution in [0, 0.1) is 5.82 Å². The van der Waals surface area contributed by atoms with E-state index in [9.17, 15) is 14.3 Å². The van der Waals surface area contributed by atoms with E-state index in [1.54, 1.807) is 19.1 Å². The number of nitrogens with one attached hydrogen (secondary N) is 1. The molecule has 0 spiro atoms. The van der Waals surface area contributed by atoms with E-state index in [1.807, 2.05) is 61.5 Å². The Labute approximate surface area is 188 Å². The number of aromatic hydroxyl groups is 1. The van der Waals surface area contributed by atoms with Gasteiger partial charge in [-0.3, -0.25) is 4.79 Å². The molecule has 0 aliphatic rings. The standard InChI is InChI=1S/C26H29FN2O3/c1-17(26(31)32-4)19-10-13-23(24(27)14-19)18-8-11-22(12-9-18)28-15-20-6-5-7-21(25(20)30)16-29(2)3/h5-14,17,28,30H,15-16H2,1-4H3. The molecule has 0 saturated heterocycles. The van der Waals surface area contributed by atoms with Gasteiger partial charge in [0.05, 0.1) is 13.0 Å². The molecule has 2 N–H and O–H groups in total. The van der Waals surface area contributed by atoms with Crippen molar-refractivity contribution in [1.82, 2.24) is 4.90 Å². The minimum atomic E-state index is -0.525. The number of rotatable bonds is 8. The largest absolute Gasteiger partial charge is 0.507 e. The van der Waals surface area contributed by atoms with Crippen LogP contribution in [0.3, 0.4) is 0 Å². The number of anilines is 1. The highest BCUT2D eigenvalue weighted by atomic mass is 19.1. The number of methoxy groups -OCH3 is 1. The lowest BCUT2D eigenvalue weighted by atomic mass is 9.97. The van der Waals surface area contributed by atoms with Gasteiger partial charge in [0.15, 0.2) is 0 Å². The summed E-state index contributed by atoms with van der Waals surface area (Å²) in [6.45, 7) is 2.83. The SMILES string of the molecule is COC(=O)C(C)c1ccc(-c2ccc(NCc3cccc(CN(C)C)c3O)cc2)c(F)c1. The second kappa shape index (κ2) is 10.3. The summed E-state index contributed by atoms with van der Waals surface area (Å²) < 4.78 is 19.4. The molecule has 168 valence electrons. The zero-order valence-corrected chi connectivity index (χ0v) is 18.9. The molecule has 0 fully saturated rings. The molecular weight excluding hydrogens is 407 g/mol. The quantitative estimate of drug-likeness (QED) is 0.478. The van der Waals surface area contributed by atoms with Crippen molar-refractivity contribution < 1.29 is 19.0 Å². The molecule has 6 heteroatoms. The van der Waals surface area contributed by atoms with Gasteiger partial charge in [0.2, 0.25) is 0 Å². The van der Waals surface area contributed by atoms with Gasteiger partial charge in [0.25, 0.3) is 0 Å². The van der Waals surface area contributed by atoms with E-state index < -0.39 is 11.9 Å². The average molecular weight is 437 g/mol. The lowest BCUT2D eigenvalue weighted by Crippen LogP contribution is -2.11. The van der Waals surface area contributed by atoms with Crippen molar-refractivity contribution in [2.24, 2.45) is 0 Å². The Morgan fingerprint density at radius 1 is 1.09 bits per heavy atom. The van der Waals surface area contributed by atoms with Crippen LogP contribution in [0.25, 0.3) is 11.1 Å². The lowest BCUT2D eigenvalue weighted by molar-refractivity contribution is -0.141. The Morgan fingerprint density at radius 2 is 1.78 bits per heavy atom. The molecule has 3 aromatic rings. The molecule has 3 aromatic carbocycles. The van der Waals surface area contributed by atoms with Crippen LogP contribution in [0.2, 0.25) is 0 Å². The molecule has 0 bridgehead atoms. The molecule has 0 aliphatic carbocycles. The Balaban J connectivity index is 1.70. The van der Waals surface area contributed by atoms with Gasteiger partial charge in [-0.15, -0.1) is 0 Å². The minimum Gasteiger partial charge on any atom is -0.507 e. The van der Waals surface area contributed by atoms with Crippen LogP contribution in [0.5, 0.6) is 5.75 Å². The summed E-state index contributed by atoms with van der Waals surface area (Å²) in [4.78, 5) is 13.7. The average Bonchev–Trinajstić information content (AvgIpc) is 2.78. The predicted octanol–water partition coefficient (Wildman–Crippen LogP) is 5.15. The lowest BCUT2D eigenvalue weighted by Gasteiger charge is -2.15. The minimum absolute atomic E-state index is 0.300. The number of ether oxygens (including phenoxy) is 1. The monoisotopic (exact) mass is 436 g/mol. The van der Waals surface area contributed by atoms with Gasteiger partial charge < -0.3 is 20.1 Å². The van der Waals surface area contributed by atoms with Crippen LogP contribution < -0.4 is 5.32 Å². The Hall–Kier alpha value is -3.38. The highest BCUT2D eigenvalue weighted by molar-refractivity contribution is 5.78. The van der Waals surface area contributed by atoms with Gasteiger partial charge in [-0.25, -0.2) is 4.39 Å². The summed E-state index contributed by atoms with van der Waals surface area (Å²) in [5.41, 5.74) is 4.34. The number of carbonyl (C=O) groups excluding carboxylic acids is 1. The molecular formula is C26H29FN2O3. The van der Waals surface area contributed by atoms with Crippen LogP contribution >= 0.6 is 0 Å². The van der Waals surface area contributed by atoms with Gasteiger partial charge in [-0.2, -0.15) is 0 Å². The molecule has 0 heterocycles. The Kier molecular flexibility index (Phi) is 7.49. The molecule has 1 unspecified atom stereocenters. The van der Waals surface area contributed by atoms with Crippen LogP contribution in [0.15, 0.2) is 60.7 Å². The fourth-order valence-corrected chi connectivity index (χ4v) is 3.57. The number of phenols is 1. The number of phenolic OH excluding ortho intramolecular Hbond substituents is 1. The van der Waals surface area contributed by atoms with Gasteiger partial charge in [-0.05, 0) is 50.3 Å². The van der Waals surface area contributed by atoms with E-state index >= 15 is 0 Å². The van der Waals surface area contributed by atoms with Gasteiger partial charge in [-0.1, -0.05) is 42.5 Å². The number of nitrogens with zero attached hydrogens (tertiary/aromatic N) is 1. The zero-order chi connectivity index (χ0) is 23.3. The number of hydrogen-bond donors (Lipinski definition) is 2. The predicted molar refractivity (Wildman–Crippen MR) is 125 cm³/mol. The Morgan fingerprint density at radius 3 is 2.41 bits per heavy atom. The summed E-state index contributed by atoms with van der Waals surface area (Å²) in [6.07, 6.45) is 0. The molecule has 0 aliphatic heterocycles. The smallest absolute Gasteiger partial charge is 0.312 e. The maximum absolute atomic E-state index is 14.7. The fourth-order valence-electron chi connectivity index (χ4n) is 3.57. The molecule has 0 aromatic heterocycles. The van der Waals surface area contributed by atoms with Crippen molar-refractivity contribution in [3.8, 4) is 16.9 Å². The molecule has 1 atom stereocenters. The van der Waals surface area contributed by atoms with Crippen LogP contribution in [-0.4, -0.2) is 37.2 Å². The van der Waals surface area contributed by atoms with Gasteiger partial charge in [0.1, 0.15) is 11.6 Å². The van der Waals surface area contributed by atoms with Gasteiger partial charge >= 0.3 is 5.97 Å². The van der Waals surface area contributed by atoms with Crippen molar-refractivity contribution in [2.75, 3.05) is 26.5 Å². The third-order valence-electron chi connectivity index (χ3n) is 5.42. The topological polar surface area (TPSA) is 61.8 Å². The fraction of sp³-hybridized carbons (Fsp3) is 0.269. The summed E-state index contributed by atoms with van der Waals surface area (Å²) in [5.74, 6) is -1.01. The molecule has 0 saturated carbocycles.